The predicted molar refractivity (Wildman–Crippen MR) is 263 cm³/mol. The van der Waals surface area contributed by atoms with Gasteiger partial charge in [0.1, 0.15) is 0 Å². The van der Waals surface area contributed by atoms with Gasteiger partial charge in [0.15, 0.2) is 0 Å². The van der Waals surface area contributed by atoms with Crippen molar-refractivity contribution in [3.8, 4) is 44.8 Å². The third kappa shape index (κ3) is 5.25. The van der Waals surface area contributed by atoms with E-state index in [-0.39, 0.29) is 0 Å². The topological polar surface area (TPSA) is 9.86 Å². The molecule has 0 atom stereocenters. The Kier molecular flexibility index (Phi) is 7.85. The highest BCUT2D eigenvalue weighted by molar-refractivity contribution is 6.13. The molecule has 1 aliphatic rings. The van der Waals surface area contributed by atoms with Gasteiger partial charge in [-0.05, 0) is 122 Å². The van der Waals surface area contributed by atoms with Gasteiger partial charge in [-0.2, -0.15) is 0 Å². The molecule has 0 saturated carbocycles. The van der Waals surface area contributed by atoms with Crippen LogP contribution in [0.1, 0.15) is 22.3 Å². The summed E-state index contributed by atoms with van der Waals surface area (Å²) in [6.45, 7) is 0. The Morgan fingerprint density at radius 1 is 0.254 bits per heavy atom. The molecule has 10 aromatic carbocycles. The summed E-state index contributed by atoms with van der Waals surface area (Å²) in [5.41, 5.74) is 19.2. The Morgan fingerprint density at radius 3 is 1.30 bits per heavy atom. The van der Waals surface area contributed by atoms with Gasteiger partial charge < -0.3 is 9.13 Å². The molecule has 13 rings (SSSR count). The van der Waals surface area contributed by atoms with Crippen LogP contribution in [0, 0.1) is 0 Å². The lowest BCUT2D eigenvalue weighted by Gasteiger charge is -2.34. The second-order valence-electron chi connectivity index (χ2n) is 16.8. The van der Waals surface area contributed by atoms with E-state index in [1.165, 1.54) is 99.2 Å². The second-order valence-corrected chi connectivity index (χ2v) is 16.8. The third-order valence-electron chi connectivity index (χ3n) is 13.6. The maximum atomic E-state index is 2.46. The second kappa shape index (κ2) is 13.9. The molecule has 2 nitrogen and oxygen atoms in total. The standard InChI is InChI=1S/C61H40N2/c1-4-17-41(18-5-1)42-31-34-59-53(37-42)54-39-44(33-36-60(54)62(59)47-22-8-3-9-23-47)43-32-35-58-52(38-43)51-27-12-15-30-57(51)63(58)48-24-16-21-46(40-48)61(45-19-6-2-7-20-45)55-28-13-10-25-49(55)50-26-11-14-29-56(50)61/h1-40H. The number of fused-ring (bicyclic) bond motifs is 9. The molecule has 0 fully saturated rings. The highest BCUT2D eigenvalue weighted by atomic mass is 15.0. The Morgan fingerprint density at radius 2 is 0.683 bits per heavy atom. The monoisotopic (exact) mass is 800 g/mol. The molecule has 0 radical (unpaired) electrons. The molecule has 2 aromatic heterocycles. The fraction of sp³-hybridized carbons (Fsp3) is 0.0164. The maximum absolute atomic E-state index is 2.46. The van der Waals surface area contributed by atoms with Crippen molar-refractivity contribution in [2.75, 3.05) is 0 Å². The molecule has 0 N–H and O–H groups in total. The molecule has 0 amide bonds. The first-order valence-electron chi connectivity index (χ1n) is 21.8. The Hall–Kier alpha value is -8.20. The number of hydrogen-bond acceptors (Lipinski definition) is 0. The number of rotatable bonds is 6. The summed E-state index contributed by atoms with van der Waals surface area (Å²) in [4.78, 5) is 0. The number of para-hydroxylation sites is 2. The van der Waals surface area contributed by atoms with Crippen molar-refractivity contribution in [2.45, 2.75) is 5.41 Å². The van der Waals surface area contributed by atoms with Gasteiger partial charge in [-0.15, -0.1) is 0 Å². The molecule has 2 heteroatoms. The van der Waals surface area contributed by atoms with Gasteiger partial charge in [0.25, 0.3) is 0 Å². The molecule has 0 aliphatic heterocycles. The Labute approximate surface area is 366 Å². The van der Waals surface area contributed by atoms with Crippen molar-refractivity contribution < 1.29 is 0 Å². The fourth-order valence-corrected chi connectivity index (χ4v) is 10.9. The summed E-state index contributed by atoms with van der Waals surface area (Å²) in [5.74, 6) is 0. The first-order valence-corrected chi connectivity index (χ1v) is 21.8. The molecular weight excluding hydrogens is 761 g/mol. The van der Waals surface area contributed by atoms with Crippen molar-refractivity contribution in [1.29, 1.82) is 0 Å². The molecule has 0 saturated heterocycles. The van der Waals surface area contributed by atoms with Crippen molar-refractivity contribution >= 4 is 43.6 Å². The molecule has 2 heterocycles. The van der Waals surface area contributed by atoms with E-state index < -0.39 is 5.41 Å². The van der Waals surface area contributed by atoms with Gasteiger partial charge in [0.2, 0.25) is 0 Å². The molecule has 12 aromatic rings. The largest absolute Gasteiger partial charge is 0.309 e. The molecule has 0 bridgehead atoms. The minimum atomic E-state index is -0.472. The average molecular weight is 801 g/mol. The molecule has 1 aliphatic carbocycles. The average Bonchev–Trinajstić information content (AvgIpc) is 3.98. The summed E-state index contributed by atoms with van der Waals surface area (Å²) in [7, 11) is 0. The van der Waals surface area contributed by atoms with Crippen LogP contribution < -0.4 is 0 Å². The summed E-state index contributed by atoms with van der Waals surface area (Å²) >= 11 is 0. The lowest BCUT2D eigenvalue weighted by molar-refractivity contribution is 0.767. The zero-order chi connectivity index (χ0) is 41.5. The Balaban J connectivity index is 0.994. The van der Waals surface area contributed by atoms with Gasteiger partial charge in [-0.25, -0.2) is 0 Å². The van der Waals surface area contributed by atoms with E-state index in [9.17, 15) is 0 Å². The number of benzene rings is 10. The highest BCUT2D eigenvalue weighted by Gasteiger charge is 2.46. The van der Waals surface area contributed by atoms with E-state index in [1.807, 2.05) is 0 Å². The summed E-state index contributed by atoms with van der Waals surface area (Å²) < 4.78 is 4.87. The van der Waals surface area contributed by atoms with E-state index >= 15 is 0 Å². The van der Waals surface area contributed by atoms with Gasteiger partial charge in [0.05, 0.1) is 27.5 Å². The smallest absolute Gasteiger partial charge is 0.0714 e. The van der Waals surface area contributed by atoms with E-state index in [0.29, 0.717) is 0 Å². The minimum absolute atomic E-state index is 0.472. The van der Waals surface area contributed by atoms with E-state index in [4.69, 9.17) is 0 Å². The van der Waals surface area contributed by atoms with Crippen LogP contribution in [0.5, 0.6) is 0 Å². The van der Waals surface area contributed by atoms with Crippen LogP contribution >= 0.6 is 0 Å². The summed E-state index contributed by atoms with van der Waals surface area (Å²) in [5, 5.41) is 4.96. The first kappa shape index (κ1) is 35.5. The van der Waals surface area contributed by atoms with Crippen LogP contribution in [0.2, 0.25) is 0 Å². The van der Waals surface area contributed by atoms with Gasteiger partial charge in [0, 0.05) is 32.9 Å². The summed E-state index contributed by atoms with van der Waals surface area (Å²) in [6, 6.07) is 89.5. The third-order valence-corrected chi connectivity index (χ3v) is 13.6. The fourth-order valence-electron chi connectivity index (χ4n) is 10.9. The normalized spacial score (nSPS) is 12.9. The summed E-state index contributed by atoms with van der Waals surface area (Å²) in [6.07, 6.45) is 0. The van der Waals surface area contributed by atoms with Gasteiger partial charge in [-0.3, -0.25) is 0 Å². The SMILES string of the molecule is c1ccc(-c2ccc3c(c2)c2cc(-c4ccc5c(c4)c4ccccc4n5-c4cccc(C5(c6ccccc6)c6ccccc6-c6ccccc65)c4)ccc2n3-c2ccccc2)cc1. The van der Waals surface area contributed by atoms with Crippen molar-refractivity contribution in [3.05, 3.63) is 265 Å². The molecular formula is C61H40N2. The lowest BCUT2D eigenvalue weighted by atomic mass is 9.67. The first-order chi connectivity index (χ1) is 31.3. The highest BCUT2D eigenvalue weighted by Crippen LogP contribution is 2.56. The number of nitrogens with zero attached hydrogens (tertiary/aromatic N) is 2. The maximum Gasteiger partial charge on any atom is 0.0714 e. The van der Waals surface area contributed by atoms with Crippen molar-refractivity contribution in [1.82, 2.24) is 9.13 Å². The number of aromatic nitrogens is 2. The molecule has 0 unspecified atom stereocenters. The van der Waals surface area contributed by atoms with E-state index in [2.05, 4.69) is 252 Å². The lowest BCUT2D eigenvalue weighted by Crippen LogP contribution is -2.28. The predicted octanol–water partition coefficient (Wildman–Crippen LogP) is 15.6. The van der Waals surface area contributed by atoms with Crippen molar-refractivity contribution in [3.63, 3.8) is 0 Å². The molecule has 63 heavy (non-hydrogen) atoms. The Bertz CT molecular complexity index is 3680. The number of hydrogen-bond donors (Lipinski definition) is 0. The quantitative estimate of drug-likeness (QED) is 0.159. The zero-order valence-electron chi connectivity index (χ0n) is 34.5. The van der Waals surface area contributed by atoms with Gasteiger partial charge >= 0.3 is 0 Å². The van der Waals surface area contributed by atoms with Crippen LogP contribution in [-0.2, 0) is 5.41 Å². The van der Waals surface area contributed by atoms with E-state index in [1.54, 1.807) is 0 Å². The zero-order valence-corrected chi connectivity index (χ0v) is 34.5. The van der Waals surface area contributed by atoms with Crippen LogP contribution in [-0.4, -0.2) is 9.13 Å². The van der Waals surface area contributed by atoms with Crippen LogP contribution in [0.3, 0.4) is 0 Å². The molecule has 0 spiro atoms. The van der Waals surface area contributed by atoms with Crippen LogP contribution in [0.25, 0.3) is 88.4 Å². The van der Waals surface area contributed by atoms with Gasteiger partial charge in [-0.1, -0.05) is 176 Å². The van der Waals surface area contributed by atoms with E-state index in [0.717, 1.165) is 11.4 Å². The van der Waals surface area contributed by atoms with Crippen LogP contribution in [0.4, 0.5) is 0 Å². The van der Waals surface area contributed by atoms with Crippen molar-refractivity contribution in [2.24, 2.45) is 0 Å². The minimum Gasteiger partial charge on any atom is -0.309 e. The molecule has 294 valence electrons. The van der Waals surface area contributed by atoms with Crippen LogP contribution in [0.15, 0.2) is 243 Å².